The molecule has 0 fully saturated rings. The van der Waals surface area contributed by atoms with Crippen molar-refractivity contribution in [3.8, 4) is 5.69 Å². The molecule has 1 N–H and O–H groups in total. The number of hydrogen-bond acceptors (Lipinski definition) is 3. The van der Waals surface area contributed by atoms with E-state index in [0.717, 1.165) is 41.9 Å². The van der Waals surface area contributed by atoms with Crippen molar-refractivity contribution in [3.63, 3.8) is 0 Å². The molecule has 0 aliphatic rings. The number of fused-ring (bicyclic) bond motifs is 1. The summed E-state index contributed by atoms with van der Waals surface area (Å²) in [4.78, 5) is 21.6. The number of nitrogens with one attached hydrogen (secondary N) is 1. The van der Waals surface area contributed by atoms with Crippen LogP contribution >= 0.6 is 0 Å². The summed E-state index contributed by atoms with van der Waals surface area (Å²) in [6.45, 7) is 2.74. The number of amides is 1. The summed E-state index contributed by atoms with van der Waals surface area (Å²) >= 11 is 0. The number of carbonyl (C=O) groups is 1. The molecule has 4 rings (SSSR count). The van der Waals surface area contributed by atoms with Gasteiger partial charge in [-0.3, -0.25) is 9.36 Å². The van der Waals surface area contributed by atoms with Gasteiger partial charge < -0.3 is 5.32 Å². The van der Waals surface area contributed by atoms with Gasteiger partial charge in [0.2, 0.25) is 0 Å². The smallest absolute Gasteiger partial charge is 0.251 e. The number of carbonyl (C=O) groups excluding carboxylic acids is 1. The minimum absolute atomic E-state index is 0.0473. The van der Waals surface area contributed by atoms with Gasteiger partial charge in [0.15, 0.2) is 5.65 Å². The Kier molecular flexibility index (Phi) is 5.66. The maximum atomic E-state index is 12.4. The lowest BCUT2D eigenvalue weighted by molar-refractivity contribution is 0.0953. The Morgan fingerprint density at radius 2 is 1.79 bits per heavy atom. The number of aromatic nitrogens is 3. The largest absolute Gasteiger partial charge is 0.352 e. The lowest BCUT2D eigenvalue weighted by atomic mass is 10.1. The van der Waals surface area contributed by atoms with Crippen LogP contribution < -0.4 is 5.32 Å². The first-order valence-corrected chi connectivity index (χ1v) is 10.0. The Morgan fingerprint density at radius 1 is 1.00 bits per heavy atom. The van der Waals surface area contributed by atoms with E-state index in [0.29, 0.717) is 12.1 Å². The lowest BCUT2D eigenvalue weighted by Crippen LogP contribution is -2.24. The maximum Gasteiger partial charge on any atom is 0.251 e. The minimum Gasteiger partial charge on any atom is -0.352 e. The lowest BCUT2D eigenvalue weighted by Gasteiger charge is -2.09. The zero-order valence-electron chi connectivity index (χ0n) is 16.5. The fraction of sp³-hybridized carbons (Fsp3) is 0.208. The van der Waals surface area contributed by atoms with Crippen LogP contribution in [-0.2, 0) is 12.8 Å². The second kappa shape index (κ2) is 8.69. The van der Waals surface area contributed by atoms with Gasteiger partial charge in [0.1, 0.15) is 11.3 Å². The molecule has 0 saturated carbocycles. The van der Waals surface area contributed by atoms with Gasteiger partial charge in [-0.15, -0.1) is 0 Å². The first-order valence-electron chi connectivity index (χ1n) is 10.0. The van der Waals surface area contributed by atoms with Crippen molar-refractivity contribution >= 4 is 17.1 Å². The van der Waals surface area contributed by atoms with E-state index >= 15 is 0 Å². The van der Waals surface area contributed by atoms with Crippen molar-refractivity contribution in [1.82, 2.24) is 19.9 Å². The van der Waals surface area contributed by atoms with E-state index in [9.17, 15) is 4.79 Å². The molecular formula is C24H24N4O. The van der Waals surface area contributed by atoms with E-state index in [1.807, 2.05) is 54.6 Å². The fourth-order valence-electron chi connectivity index (χ4n) is 3.47. The van der Waals surface area contributed by atoms with Crippen molar-refractivity contribution in [3.05, 3.63) is 89.9 Å². The molecule has 0 aliphatic carbocycles. The van der Waals surface area contributed by atoms with E-state index in [1.165, 1.54) is 5.56 Å². The molecule has 4 aromatic rings. The van der Waals surface area contributed by atoms with Gasteiger partial charge in [0.25, 0.3) is 5.91 Å². The van der Waals surface area contributed by atoms with Crippen LogP contribution in [0, 0.1) is 0 Å². The van der Waals surface area contributed by atoms with Crippen molar-refractivity contribution < 1.29 is 4.79 Å². The average Bonchev–Trinajstić information content (AvgIpc) is 3.16. The predicted octanol–water partition coefficient (Wildman–Crippen LogP) is 4.35. The maximum absolute atomic E-state index is 12.4. The number of pyridine rings is 1. The Balaban J connectivity index is 1.42. The SMILES string of the molecule is CCc1nc2cccnc2n1-c1ccc(C(=O)NCCCc2ccccc2)cc1. The van der Waals surface area contributed by atoms with Crippen molar-refractivity contribution in [2.24, 2.45) is 0 Å². The zero-order valence-corrected chi connectivity index (χ0v) is 16.5. The van der Waals surface area contributed by atoms with Crippen LogP contribution in [0.3, 0.4) is 0 Å². The first kappa shape index (κ1) is 18.9. The van der Waals surface area contributed by atoms with Gasteiger partial charge in [0, 0.05) is 30.4 Å². The number of rotatable bonds is 7. The molecule has 5 heteroatoms. The number of nitrogens with zero attached hydrogens (tertiary/aromatic N) is 3. The Morgan fingerprint density at radius 3 is 2.55 bits per heavy atom. The topological polar surface area (TPSA) is 59.8 Å². The molecule has 146 valence electrons. The third-order valence-corrected chi connectivity index (χ3v) is 4.96. The quantitative estimate of drug-likeness (QED) is 0.482. The third-order valence-electron chi connectivity index (χ3n) is 4.96. The summed E-state index contributed by atoms with van der Waals surface area (Å²) in [6.07, 6.45) is 4.46. The van der Waals surface area contributed by atoms with Crippen molar-refractivity contribution in [2.75, 3.05) is 6.54 Å². The average molecular weight is 384 g/mol. The van der Waals surface area contributed by atoms with Gasteiger partial charge in [-0.2, -0.15) is 0 Å². The number of hydrogen-bond donors (Lipinski definition) is 1. The van der Waals surface area contributed by atoms with Gasteiger partial charge in [-0.1, -0.05) is 37.3 Å². The van der Waals surface area contributed by atoms with Crippen molar-refractivity contribution in [2.45, 2.75) is 26.2 Å². The summed E-state index contributed by atoms with van der Waals surface area (Å²) in [5.41, 5.74) is 4.62. The van der Waals surface area contributed by atoms with Crippen LogP contribution in [-0.4, -0.2) is 27.0 Å². The van der Waals surface area contributed by atoms with E-state index in [4.69, 9.17) is 0 Å². The van der Waals surface area contributed by atoms with Crippen LogP contribution in [0.25, 0.3) is 16.9 Å². The summed E-state index contributed by atoms with van der Waals surface area (Å²) in [6, 6.07) is 21.8. The molecule has 0 radical (unpaired) electrons. The Bertz CT molecular complexity index is 1100. The second-order valence-electron chi connectivity index (χ2n) is 6.96. The molecule has 2 aromatic carbocycles. The molecule has 0 unspecified atom stereocenters. The third kappa shape index (κ3) is 4.19. The normalized spacial score (nSPS) is 10.9. The predicted molar refractivity (Wildman–Crippen MR) is 115 cm³/mol. The first-order chi connectivity index (χ1) is 14.3. The van der Waals surface area contributed by atoms with Crippen molar-refractivity contribution in [1.29, 1.82) is 0 Å². The molecule has 0 bridgehead atoms. The molecule has 1 amide bonds. The molecular weight excluding hydrogens is 360 g/mol. The van der Waals surface area contributed by atoms with Gasteiger partial charge in [-0.05, 0) is 54.8 Å². The van der Waals surface area contributed by atoms with Crippen LogP contribution in [0.2, 0.25) is 0 Å². The number of benzene rings is 2. The van der Waals surface area contributed by atoms with Crippen LogP contribution in [0.15, 0.2) is 72.9 Å². The molecule has 0 aliphatic heterocycles. The standard InChI is InChI=1S/C24H24N4O/c1-2-22-27-21-11-7-16-25-23(21)28(22)20-14-12-19(13-15-20)24(29)26-17-6-10-18-8-4-3-5-9-18/h3-5,7-9,11-16H,2,6,10,17H2,1H3,(H,26,29). The summed E-state index contributed by atoms with van der Waals surface area (Å²) in [7, 11) is 0. The second-order valence-corrected chi connectivity index (χ2v) is 6.96. The molecule has 2 aromatic heterocycles. The highest BCUT2D eigenvalue weighted by molar-refractivity contribution is 5.94. The summed E-state index contributed by atoms with van der Waals surface area (Å²) < 4.78 is 2.05. The molecule has 0 saturated heterocycles. The van der Waals surface area contributed by atoms with Gasteiger partial charge in [-0.25, -0.2) is 9.97 Å². The summed E-state index contributed by atoms with van der Waals surface area (Å²) in [5, 5.41) is 3.01. The fourth-order valence-corrected chi connectivity index (χ4v) is 3.47. The highest BCUT2D eigenvalue weighted by Crippen LogP contribution is 2.20. The van der Waals surface area contributed by atoms with E-state index < -0.39 is 0 Å². The Hall–Kier alpha value is -3.47. The molecule has 0 spiro atoms. The monoisotopic (exact) mass is 384 g/mol. The molecule has 2 heterocycles. The molecule has 29 heavy (non-hydrogen) atoms. The van der Waals surface area contributed by atoms with Crippen LogP contribution in [0.5, 0.6) is 0 Å². The number of imidazole rings is 1. The molecule has 0 atom stereocenters. The van der Waals surface area contributed by atoms with E-state index in [2.05, 4.69) is 38.9 Å². The highest BCUT2D eigenvalue weighted by Gasteiger charge is 2.12. The van der Waals surface area contributed by atoms with E-state index in [1.54, 1.807) is 6.20 Å². The Labute approximate surface area is 170 Å². The minimum atomic E-state index is -0.0473. The van der Waals surface area contributed by atoms with Gasteiger partial charge in [0.05, 0.1) is 0 Å². The molecule has 5 nitrogen and oxygen atoms in total. The van der Waals surface area contributed by atoms with Crippen LogP contribution in [0.1, 0.15) is 35.1 Å². The van der Waals surface area contributed by atoms with Gasteiger partial charge >= 0.3 is 0 Å². The van der Waals surface area contributed by atoms with E-state index in [-0.39, 0.29) is 5.91 Å². The zero-order chi connectivity index (χ0) is 20.1. The number of aryl methyl sites for hydroxylation is 2. The highest BCUT2D eigenvalue weighted by atomic mass is 16.1. The summed E-state index contributed by atoms with van der Waals surface area (Å²) in [5.74, 6) is 0.908. The van der Waals surface area contributed by atoms with Crippen LogP contribution in [0.4, 0.5) is 0 Å².